The van der Waals surface area contributed by atoms with Crippen LogP contribution in [0.25, 0.3) is 0 Å². The molecule has 0 saturated heterocycles. The molecule has 0 aromatic heterocycles. The van der Waals surface area contributed by atoms with Gasteiger partial charge in [0.15, 0.2) is 0 Å². The van der Waals surface area contributed by atoms with Gasteiger partial charge in [0.1, 0.15) is 0 Å². The van der Waals surface area contributed by atoms with Crippen molar-refractivity contribution in [1.82, 2.24) is 0 Å². The van der Waals surface area contributed by atoms with E-state index < -0.39 is 11.9 Å². The zero-order valence-electron chi connectivity index (χ0n) is 11.5. The number of hydrogen-bond acceptors (Lipinski definition) is 2. The van der Waals surface area contributed by atoms with E-state index in [-0.39, 0.29) is 11.1 Å². The summed E-state index contributed by atoms with van der Waals surface area (Å²) in [4.78, 5) is 21.5. The summed E-state index contributed by atoms with van der Waals surface area (Å²) in [5, 5.41) is 17.6. The van der Waals surface area contributed by atoms with E-state index in [0.29, 0.717) is 24.0 Å². The summed E-state index contributed by atoms with van der Waals surface area (Å²) in [6.07, 6.45) is 10.3. The first-order valence-corrected chi connectivity index (χ1v) is 7.22. The molecule has 0 amide bonds. The van der Waals surface area contributed by atoms with Gasteiger partial charge in [0.2, 0.25) is 0 Å². The van der Waals surface area contributed by atoms with E-state index in [1.807, 2.05) is 0 Å². The molecule has 0 radical (unpaired) electrons. The van der Waals surface area contributed by atoms with Crippen molar-refractivity contribution in [1.29, 1.82) is 0 Å². The largest absolute Gasteiger partial charge is 0.478 e. The van der Waals surface area contributed by atoms with Crippen molar-refractivity contribution >= 4 is 11.9 Å². The molecular formula is C16H20O4. The number of rotatable bonds is 2. The van der Waals surface area contributed by atoms with Crippen molar-refractivity contribution < 1.29 is 19.8 Å². The fraction of sp³-hybridized carbons (Fsp3) is 0.500. The third kappa shape index (κ3) is 3.18. The molecule has 0 aliphatic heterocycles. The van der Waals surface area contributed by atoms with Gasteiger partial charge in [-0.1, -0.05) is 38.5 Å². The first-order valence-electron chi connectivity index (χ1n) is 7.22. The Balaban J connectivity index is 0.000000205. The number of aromatic carboxylic acids is 2. The van der Waals surface area contributed by atoms with Gasteiger partial charge in [-0.25, -0.2) is 9.59 Å². The average molecular weight is 276 g/mol. The highest BCUT2D eigenvalue weighted by Gasteiger charge is 2.26. The lowest BCUT2D eigenvalue weighted by Crippen LogP contribution is -2.19. The number of hydrogen-bond donors (Lipinski definition) is 2. The van der Waals surface area contributed by atoms with E-state index in [1.165, 1.54) is 50.7 Å². The van der Waals surface area contributed by atoms with Gasteiger partial charge in [0.05, 0.1) is 11.1 Å². The molecule has 2 aliphatic rings. The molecular weight excluding hydrogens is 256 g/mol. The Hall–Kier alpha value is -1.84. The maximum Gasteiger partial charge on any atom is 0.335 e. The van der Waals surface area contributed by atoms with Gasteiger partial charge >= 0.3 is 11.9 Å². The molecule has 1 aromatic rings. The van der Waals surface area contributed by atoms with Crippen molar-refractivity contribution in [3.05, 3.63) is 34.4 Å². The number of benzene rings is 1. The van der Waals surface area contributed by atoms with Gasteiger partial charge in [0.25, 0.3) is 0 Å². The Morgan fingerprint density at radius 1 is 0.700 bits per heavy atom. The standard InChI is InChI=1S/C10H8O4.C6H12/c11-9(12)7-3-4-8(10(13)14)6-2-1-5(6)7;1-2-4-6-5-3-1/h3-4H,1-2H2,(H,11,12)(H,13,14);1-6H2. The van der Waals surface area contributed by atoms with E-state index in [4.69, 9.17) is 10.2 Å². The normalized spacial score (nSPS) is 16.2. The minimum Gasteiger partial charge on any atom is -0.478 e. The second-order valence-electron chi connectivity index (χ2n) is 5.35. The fourth-order valence-corrected chi connectivity index (χ4v) is 2.80. The Kier molecular flexibility index (Phi) is 4.77. The van der Waals surface area contributed by atoms with Crippen LogP contribution in [0, 0.1) is 0 Å². The van der Waals surface area contributed by atoms with Crippen molar-refractivity contribution in [2.24, 2.45) is 0 Å². The molecule has 2 N–H and O–H groups in total. The topological polar surface area (TPSA) is 74.6 Å². The monoisotopic (exact) mass is 276 g/mol. The maximum atomic E-state index is 10.7. The summed E-state index contributed by atoms with van der Waals surface area (Å²) >= 11 is 0. The quantitative estimate of drug-likeness (QED) is 0.866. The fourth-order valence-electron chi connectivity index (χ4n) is 2.80. The predicted octanol–water partition coefficient (Wildman–Crippen LogP) is 3.52. The number of carboxylic acid groups (broad SMARTS) is 2. The van der Waals surface area contributed by atoms with Gasteiger partial charge in [-0.05, 0) is 36.1 Å². The number of fused-ring (bicyclic) bond motifs is 1. The van der Waals surface area contributed by atoms with Crippen LogP contribution in [-0.2, 0) is 12.8 Å². The third-order valence-corrected chi connectivity index (χ3v) is 4.02. The predicted molar refractivity (Wildman–Crippen MR) is 75.5 cm³/mol. The summed E-state index contributed by atoms with van der Waals surface area (Å²) in [5.74, 6) is -1.98. The molecule has 2 aliphatic carbocycles. The Labute approximate surface area is 118 Å². The molecule has 0 unspecified atom stereocenters. The third-order valence-electron chi connectivity index (χ3n) is 4.02. The summed E-state index contributed by atoms with van der Waals surface area (Å²) in [7, 11) is 0. The lowest BCUT2D eigenvalue weighted by molar-refractivity contribution is 0.0677. The zero-order chi connectivity index (χ0) is 14.5. The summed E-state index contributed by atoms with van der Waals surface area (Å²) in [6, 6.07) is 2.73. The maximum absolute atomic E-state index is 10.7. The first-order chi connectivity index (χ1) is 9.61. The van der Waals surface area contributed by atoms with Crippen LogP contribution in [-0.4, -0.2) is 22.2 Å². The molecule has 0 spiro atoms. The highest BCUT2D eigenvalue weighted by atomic mass is 16.4. The molecule has 1 saturated carbocycles. The number of carboxylic acids is 2. The highest BCUT2D eigenvalue weighted by molar-refractivity contribution is 5.95. The second-order valence-corrected chi connectivity index (χ2v) is 5.35. The molecule has 4 nitrogen and oxygen atoms in total. The minimum atomic E-state index is -0.988. The Bertz CT molecular complexity index is 463. The second kappa shape index (κ2) is 6.55. The SMILES string of the molecule is C1CCCCC1.O=C(O)c1ccc(C(=O)O)c2c1CC2. The minimum absolute atomic E-state index is 0.233. The van der Waals surface area contributed by atoms with E-state index >= 15 is 0 Å². The van der Waals surface area contributed by atoms with Crippen molar-refractivity contribution in [3.63, 3.8) is 0 Å². The van der Waals surface area contributed by atoms with Crippen LogP contribution in [0.5, 0.6) is 0 Å². The van der Waals surface area contributed by atoms with E-state index in [0.717, 1.165) is 0 Å². The molecule has 20 heavy (non-hydrogen) atoms. The Morgan fingerprint density at radius 3 is 1.20 bits per heavy atom. The van der Waals surface area contributed by atoms with Crippen LogP contribution in [0.15, 0.2) is 12.1 Å². The number of carbonyl (C=O) groups is 2. The van der Waals surface area contributed by atoms with Crippen molar-refractivity contribution in [3.8, 4) is 0 Å². The van der Waals surface area contributed by atoms with E-state index in [2.05, 4.69) is 0 Å². The van der Waals surface area contributed by atoms with E-state index in [9.17, 15) is 9.59 Å². The molecule has 108 valence electrons. The molecule has 0 bridgehead atoms. The molecule has 1 fully saturated rings. The molecule has 0 atom stereocenters. The molecule has 1 aromatic carbocycles. The van der Waals surface area contributed by atoms with Gasteiger partial charge in [0, 0.05) is 0 Å². The lowest BCUT2D eigenvalue weighted by atomic mass is 9.81. The van der Waals surface area contributed by atoms with Crippen LogP contribution in [0.1, 0.15) is 70.4 Å². The van der Waals surface area contributed by atoms with E-state index in [1.54, 1.807) is 0 Å². The summed E-state index contributed by atoms with van der Waals surface area (Å²) in [6.45, 7) is 0. The van der Waals surface area contributed by atoms with Crippen LogP contribution in [0.3, 0.4) is 0 Å². The molecule has 0 heterocycles. The van der Waals surface area contributed by atoms with Crippen LogP contribution in [0.2, 0.25) is 0 Å². The van der Waals surface area contributed by atoms with Gasteiger partial charge < -0.3 is 10.2 Å². The van der Waals surface area contributed by atoms with Gasteiger partial charge in [-0.15, -0.1) is 0 Å². The van der Waals surface area contributed by atoms with Crippen LogP contribution >= 0.6 is 0 Å². The van der Waals surface area contributed by atoms with Crippen LogP contribution < -0.4 is 0 Å². The summed E-state index contributed by atoms with van der Waals surface area (Å²) in [5.41, 5.74) is 1.82. The van der Waals surface area contributed by atoms with Crippen molar-refractivity contribution in [2.45, 2.75) is 51.4 Å². The molecule has 3 rings (SSSR count). The van der Waals surface area contributed by atoms with Gasteiger partial charge in [-0.3, -0.25) is 0 Å². The van der Waals surface area contributed by atoms with Crippen molar-refractivity contribution in [2.75, 3.05) is 0 Å². The van der Waals surface area contributed by atoms with Crippen LogP contribution in [0.4, 0.5) is 0 Å². The highest BCUT2D eigenvalue weighted by Crippen LogP contribution is 2.30. The molecule has 4 heteroatoms. The summed E-state index contributed by atoms with van der Waals surface area (Å²) < 4.78 is 0. The zero-order valence-corrected chi connectivity index (χ0v) is 11.5. The first kappa shape index (κ1) is 14.6. The lowest BCUT2D eigenvalue weighted by Gasteiger charge is -2.22. The average Bonchev–Trinajstić information content (AvgIpc) is 2.41. The Morgan fingerprint density at radius 2 is 1.00 bits per heavy atom. The smallest absolute Gasteiger partial charge is 0.335 e. The van der Waals surface area contributed by atoms with Gasteiger partial charge in [-0.2, -0.15) is 0 Å².